The van der Waals surface area contributed by atoms with E-state index in [2.05, 4.69) is 20.9 Å². The Morgan fingerprint density at radius 3 is 2.76 bits per heavy atom. The van der Waals surface area contributed by atoms with Crippen LogP contribution in [-0.2, 0) is 0 Å². The molecule has 0 fully saturated rings. The van der Waals surface area contributed by atoms with Crippen molar-refractivity contribution in [2.75, 3.05) is 0 Å². The fourth-order valence-corrected chi connectivity index (χ4v) is 2.75. The Morgan fingerprint density at radius 1 is 1.29 bits per heavy atom. The molecule has 0 aliphatic rings. The Balaban J connectivity index is 2.39. The predicted molar refractivity (Wildman–Crippen MR) is 83.6 cm³/mol. The summed E-state index contributed by atoms with van der Waals surface area (Å²) in [6.07, 6.45) is 0. The van der Waals surface area contributed by atoms with Crippen LogP contribution in [0, 0.1) is 0 Å². The van der Waals surface area contributed by atoms with Crippen LogP contribution in [0.2, 0.25) is 5.02 Å². The number of hydrogen-bond donors (Lipinski definition) is 2. The number of imidazole rings is 1. The van der Waals surface area contributed by atoms with Crippen molar-refractivity contribution in [3.63, 3.8) is 0 Å². The number of benzene rings is 2. The number of rotatable bonds is 2. The first kappa shape index (κ1) is 13.9. The largest absolute Gasteiger partial charge is 0.478 e. The molecule has 0 aliphatic carbocycles. The Bertz CT molecular complexity index is 930. The normalized spacial score (nSPS) is 11.0. The summed E-state index contributed by atoms with van der Waals surface area (Å²) in [5.74, 6) is -1.05. The summed E-state index contributed by atoms with van der Waals surface area (Å²) < 4.78 is 1.95. The molecule has 3 rings (SSSR count). The number of carbonyl (C=O) groups is 1. The molecule has 0 radical (unpaired) electrons. The van der Waals surface area contributed by atoms with E-state index in [-0.39, 0.29) is 11.3 Å². The summed E-state index contributed by atoms with van der Waals surface area (Å²) in [7, 11) is 0. The standard InChI is InChI=1S/C14H8BrClN2O3/c15-12-8(16)2-1-3-10(12)18-11-6-7(13(19)20)4-5-9(11)17-14(18)21/h1-6H,(H,17,21)(H,19,20). The zero-order valence-electron chi connectivity index (χ0n) is 10.4. The second kappa shape index (κ2) is 5.05. The van der Waals surface area contributed by atoms with Gasteiger partial charge in [0.05, 0.1) is 31.8 Å². The van der Waals surface area contributed by atoms with Gasteiger partial charge in [0.15, 0.2) is 0 Å². The molecule has 5 nitrogen and oxygen atoms in total. The van der Waals surface area contributed by atoms with Gasteiger partial charge in [-0.05, 0) is 46.3 Å². The molecule has 106 valence electrons. The van der Waals surface area contributed by atoms with Crippen LogP contribution in [0.3, 0.4) is 0 Å². The number of aromatic carboxylic acids is 1. The van der Waals surface area contributed by atoms with Gasteiger partial charge in [0.25, 0.3) is 0 Å². The highest BCUT2D eigenvalue weighted by molar-refractivity contribution is 9.10. The number of nitrogens with one attached hydrogen (secondary N) is 1. The average molecular weight is 368 g/mol. The number of nitrogens with zero attached hydrogens (tertiary/aromatic N) is 1. The maximum atomic E-state index is 12.2. The van der Waals surface area contributed by atoms with Crippen molar-refractivity contribution >= 4 is 44.5 Å². The van der Waals surface area contributed by atoms with Crippen LogP contribution in [0.4, 0.5) is 0 Å². The Kier molecular flexibility index (Phi) is 3.35. The second-order valence-corrected chi connectivity index (χ2v) is 5.58. The fraction of sp³-hybridized carbons (Fsp3) is 0. The van der Waals surface area contributed by atoms with E-state index in [1.807, 2.05) is 0 Å². The molecule has 0 saturated carbocycles. The van der Waals surface area contributed by atoms with Crippen LogP contribution in [0.25, 0.3) is 16.7 Å². The van der Waals surface area contributed by atoms with Gasteiger partial charge in [-0.15, -0.1) is 0 Å². The summed E-state index contributed by atoms with van der Waals surface area (Å²) in [6, 6.07) is 9.58. The molecular formula is C14H8BrClN2O3. The minimum atomic E-state index is -1.05. The van der Waals surface area contributed by atoms with Gasteiger partial charge < -0.3 is 10.1 Å². The van der Waals surface area contributed by atoms with E-state index in [1.54, 1.807) is 24.3 Å². The Morgan fingerprint density at radius 2 is 2.05 bits per heavy atom. The number of fused-ring (bicyclic) bond motifs is 1. The number of H-pyrrole nitrogens is 1. The van der Waals surface area contributed by atoms with Crippen LogP contribution in [0.15, 0.2) is 45.7 Å². The van der Waals surface area contributed by atoms with Gasteiger partial charge in [-0.2, -0.15) is 0 Å². The number of carboxylic acid groups (broad SMARTS) is 1. The van der Waals surface area contributed by atoms with Crippen molar-refractivity contribution in [1.82, 2.24) is 9.55 Å². The summed E-state index contributed by atoms with van der Waals surface area (Å²) in [4.78, 5) is 26.0. The molecule has 0 spiro atoms. The first-order valence-electron chi connectivity index (χ1n) is 5.91. The lowest BCUT2D eigenvalue weighted by atomic mass is 10.2. The van der Waals surface area contributed by atoms with Gasteiger partial charge in [0, 0.05) is 0 Å². The third-order valence-corrected chi connectivity index (χ3v) is 4.48. The summed E-state index contributed by atoms with van der Waals surface area (Å²) in [5.41, 5.74) is 1.31. The lowest BCUT2D eigenvalue weighted by Crippen LogP contribution is -2.15. The summed E-state index contributed by atoms with van der Waals surface area (Å²) in [5, 5.41) is 9.54. The van der Waals surface area contributed by atoms with Crippen LogP contribution >= 0.6 is 27.5 Å². The lowest BCUT2D eigenvalue weighted by molar-refractivity contribution is 0.0697. The lowest BCUT2D eigenvalue weighted by Gasteiger charge is -2.07. The molecule has 3 aromatic rings. The average Bonchev–Trinajstić information content (AvgIpc) is 2.77. The van der Waals surface area contributed by atoms with Crippen LogP contribution in [-0.4, -0.2) is 20.6 Å². The third kappa shape index (κ3) is 2.26. The first-order valence-corrected chi connectivity index (χ1v) is 7.08. The van der Waals surface area contributed by atoms with E-state index in [0.717, 1.165) is 0 Å². The van der Waals surface area contributed by atoms with E-state index < -0.39 is 5.97 Å². The number of carboxylic acids is 1. The minimum absolute atomic E-state index is 0.105. The number of hydrogen-bond acceptors (Lipinski definition) is 2. The van der Waals surface area contributed by atoms with E-state index in [0.29, 0.717) is 26.2 Å². The molecule has 0 aliphatic heterocycles. The maximum absolute atomic E-state index is 12.2. The quantitative estimate of drug-likeness (QED) is 0.728. The molecule has 1 heterocycles. The minimum Gasteiger partial charge on any atom is -0.478 e. The molecular weight excluding hydrogens is 360 g/mol. The van der Waals surface area contributed by atoms with Crippen molar-refractivity contribution < 1.29 is 9.90 Å². The highest BCUT2D eigenvalue weighted by Crippen LogP contribution is 2.30. The number of aromatic nitrogens is 2. The van der Waals surface area contributed by atoms with E-state index >= 15 is 0 Å². The molecule has 0 saturated heterocycles. The SMILES string of the molecule is O=C(O)c1ccc2[nH]c(=O)n(-c3cccc(Cl)c3Br)c2c1. The molecule has 0 bridgehead atoms. The van der Waals surface area contributed by atoms with Gasteiger partial charge in [0.1, 0.15) is 0 Å². The van der Waals surface area contributed by atoms with Gasteiger partial charge in [-0.3, -0.25) is 4.57 Å². The molecule has 7 heteroatoms. The monoisotopic (exact) mass is 366 g/mol. The fourth-order valence-electron chi connectivity index (χ4n) is 2.14. The second-order valence-electron chi connectivity index (χ2n) is 4.38. The first-order chi connectivity index (χ1) is 9.99. The third-order valence-electron chi connectivity index (χ3n) is 3.10. The number of aromatic amines is 1. The van der Waals surface area contributed by atoms with E-state index in [1.165, 1.54) is 16.7 Å². The van der Waals surface area contributed by atoms with E-state index in [9.17, 15) is 9.59 Å². The molecule has 0 unspecified atom stereocenters. The molecule has 0 atom stereocenters. The molecule has 2 N–H and O–H groups in total. The maximum Gasteiger partial charge on any atom is 0.335 e. The van der Waals surface area contributed by atoms with E-state index in [4.69, 9.17) is 16.7 Å². The smallest absolute Gasteiger partial charge is 0.335 e. The zero-order chi connectivity index (χ0) is 15.1. The van der Waals surface area contributed by atoms with Crippen LogP contribution in [0.1, 0.15) is 10.4 Å². The van der Waals surface area contributed by atoms with Crippen molar-refractivity contribution in [2.45, 2.75) is 0 Å². The molecule has 1 aromatic heterocycles. The van der Waals surface area contributed by atoms with Gasteiger partial charge >= 0.3 is 11.7 Å². The Hall–Kier alpha value is -2.05. The van der Waals surface area contributed by atoms with Crippen molar-refractivity contribution in [3.8, 4) is 5.69 Å². The van der Waals surface area contributed by atoms with Crippen molar-refractivity contribution in [3.05, 3.63) is 61.9 Å². The van der Waals surface area contributed by atoms with Crippen molar-refractivity contribution in [2.24, 2.45) is 0 Å². The summed E-state index contributed by atoms with van der Waals surface area (Å²) in [6.45, 7) is 0. The predicted octanol–water partition coefficient (Wildman–Crippen LogP) is 3.43. The molecule has 2 aromatic carbocycles. The highest BCUT2D eigenvalue weighted by atomic mass is 79.9. The zero-order valence-corrected chi connectivity index (χ0v) is 12.8. The Labute approximate surface area is 131 Å². The number of halogens is 2. The molecule has 21 heavy (non-hydrogen) atoms. The van der Waals surface area contributed by atoms with Gasteiger partial charge in [-0.25, -0.2) is 9.59 Å². The van der Waals surface area contributed by atoms with Gasteiger partial charge in [0.2, 0.25) is 0 Å². The van der Waals surface area contributed by atoms with Crippen LogP contribution < -0.4 is 5.69 Å². The van der Waals surface area contributed by atoms with Gasteiger partial charge in [-0.1, -0.05) is 17.7 Å². The van der Waals surface area contributed by atoms with Crippen LogP contribution in [0.5, 0.6) is 0 Å². The summed E-state index contributed by atoms with van der Waals surface area (Å²) >= 11 is 9.40. The topological polar surface area (TPSA) is 75.1 Å². The van der Waals surface area contributed by atoms with Crippen molar-refractivity contribution in [1.29, 1.82) is 0 Å². The highest BCUT2D eigenvalue weighted by Gasteiger charge is 2.14. The molecule has 0 amide bonds.